The summed E-state index contributed by atoms with van der Waals surface area (Å²) in [5.41, 5.74) is 1.25. The minimum atomic E-state index is 0.485. The lowest BCUT2D eigenvalue weighted by atomic mass is 10.2. The Hall–Kier alpha value is -0.480. The van der Waals surface area contributed by atoms with Crippen molar-refractivity contribution < 1.29 is 9.47 Å². The zero-order valence-corrected chi connectivity index (χ0v) is 11.2. The molecule has 2 nitrogen and oxygen atoms in total. The Morgan fingerprint density at radius 3 is 2.50 bits per heavy atom. The van der Waals surface area contributed by atoms with Crippen molar-refractivity contribution in [2.45, 2.75) is 11.0 Å². The molecule has 4 heteroatoms. The van der Waals surface area contributed by atoms with Crippen LogP contribution in [0.2, 0.25) is 0 Å². The Morgan fingerprint density at radius 2 is 1.88 bits per heavy atom. The number of hydrogen-bond acceptors (Lipinski definition) is 4. The molecule has 0 N–H and O–H groups in total. The zero-order valence-electron chi connectivity index (χ0n) is 9.56. The van der Waals surface area contributed by atoms with Gasteiger partial charge in [0.1, 0.15) is 11.5 Å². The Kier molecular flexibility index (Phi) is 4.29. The van der Waals surface area contributed by atoms with Crippen LogP contribution >= 0.6 is 23.5 Å². The first-order chi connectivity index (χ1) is 7.85. The lowest BCUT2D eigenvalue weighted by molar-refractivity contribution is 0.400. The molecule has 0 spiro atoms. The molecule has 0 atom stereocenters. The van der Waals surface area contributed by atoms with E-state index in [-0.39, 0.29) is 0 Å². The van der Waals surface area contributed by atoms with Gasteiger partial charge in [-0.1, -0.05) is 0 Å². The van der Waals surface area contributed by atoms with E-state index in [1.165, 1.54) is 23.5 Å². The molecule has 2 rings (SSSR count). The standard InChI is InChI=1S/C12H16O2S2/c1-13-9-4-5-11(14-2)10(8-9)12-15-6-3-7-16-12/h4-5,8,12H,3,6-7H2,1-2H3. The molecule has 1 aromatic carbocycles. The molecule has 1 heterocycles. The minimum absolute atomic E-state index is 0.485. The quantitative estimate of drug-likeness (QED) is 0.822. The predicted molar refractivity (Wildman–Crippen MR) is 71.8 cm³/mol. The van der Waals surface area contributed by atoms with Gasteiger partial charge in [0.2, 0.25) is 0 Å². The van der Waals surface area contributed by atoms with Crippen molar-refractivity contribution in [3.63, 3.8) is 0 Å². The summed E-state index contributed by atoms with van der Waals surface area (Å²) in [5.74, 6) is 4.34. The van der Waals surface area contributed by atoms with Gasteiger partial charge in [-0.05, 0) is 36.1 Å². The van der Waals surface area contributed by atoms with Crippen molar-refractivity contribution in [1.29, 1.82) is 0 Å². The molecule has 0 aliphatic carbocycles. The van der Waals surface area contributed by atoms with E-state index in [1.54, 1.807) is 14.2 Å². The van der Waals surface area contributed by atoms with Crippen LogP contribution in [-0.4, -0.2) is 25.7 Å². The normalized spacial score (nSPS) is 17.1. The van der Waals surface area contributed by atoms with Gasteiger partial charge in [0.25, 0.3) is 0 Å². The maximum Gasteiger partial charge on any atom is 0.124 e. The Morgan fingerprint density at radius 1 is 1.12 bits per heavy atom. The van der Waals surface area contributed by atoms with Crippen LogP contribution in [0, 0.1) is 0 Å². The van der Waals surface area contributed by atoms with E-state index in [1.807, 2.05) is 35.7 Å². The average molecular weight is 256 g/mol. The van der Waals surface area contributed by atoms with Crippen molar-refractivity contribution in [3.8, 4) is 11.5 Å². The van der Waals surface area contributed by atoms with E-state index < -0.39 is 0 Å². The molecule has 0 aromatic heterocycles. The number of thioether (sulfide) groups is 2. The molecule has 16 heavy (non-hydrogen) atoms. The molecule has 0 unspecified atom stereocenters. The summed E-state index contributed by atoms with van der Waals surface area (Å²) in [6, 6.07) is 6.03. The Bertz CT molecular complexity index is 349. The van der Waals surface area contributed by atoms with Gasteiger partial charge in [0.15, 0.2) is 0 Å². The van der Waals surface area contributed by atoms with Gasteiger partial charge in [-0.3, -0.25) is 0 Å². The summed E-state index contributed by atoms with van der Waals surface area (Å²) in [5, 5.41) is 0. The summed E-state index contributed by atoms with van der Waals surface area (Å²) in [4.78, 5) is 0. The van der Waals surface area contributed by atoms with E-state index in [4.69, 9.17) is 9.47 Å². The monoisotopic (exact) mass is 256 g/mol. The fourth-order valence-electron chi connectivity index (χ4n) is 1.69. The smallest absolute Gasteiger partial charge is 0.124 e. The molecule has 0 bridgehead atoms. The first-order valence-corrected chi connectivity index (χ1v) is 7.40. The van der Waals surface area contributed by atoms with Gasteiger partial charge >= 0.3 is 0 Å². The van der Waals surface area contributed by atoms with Gasteiger partial charge in [0.05, 0.1) is 18.8 Å². The molecular formula is C12H16O2S2. The Balaban J connectivity index is 2.27. The van der Waals surface area contributed by atoms with Gasteiger partial charge in [-0.15, -0.1) is 23.5 Å². The van der Waals surface area contributed by atoms with Gasteiger partial charge in [0, 0.05) is 5.56 Å². The van der Waals surface area contributed by atoms with E-state index in [0.717, 1.165) is 11.5 Å². The second-order valence-corrected chi connectivity index (χ2v) is 6.26. The molecule has 1 aliphatic rings. The minimum Gasteiger partial charge on any atom is -0.497 e. The second kappa shape index (κ2) is 5.73. The molecule has 0 saturated carbocycles. The summed E-state index contributed by atoms with van der Waals surface area (Å²) < 4.78 is 11.2. The molecular weight excluding hydrogens is 240 g/mol. The first kappa shape index (κ1) is 12.0. The highest BCUT2D eigenvalue weighted by molar-refractivity contribution is 8.16. The summed E-state index contributed by atoms with van der Waals surface area (Å²) in [6.45, 7) is 0. The van der Waals surface area contributed by atoms with Crippen molar-refractivity contribution in [2.24, 2.45) is 0 Å². The van der Waals surface area contributed by atoms with Crippen LogP contribution in [0.15, 0.2) is 18.2 Å². The van der Waals surface area contributed by atoms with Crippen LogP contribution in [0.1, 0.15) is 16.6 Å². The van der Waals surface area contributed by atoms with Crippen LogP contribution < -0.4 is 9.47 Å². The van der Waals surface area contributed by atoms with Gasteiger partial charge in [-0.25, -0.2) is 0 Å². The molecule has 1 aromatic rings. The third kappa shape index (κ3) is 2.61. The fourth-order valence-corrected chi connectivity index (χ4v) is 4.61. The zero-order chi connectivity index (χ0) is 11.4. The predicted octanol–water partition coefficient (Wildman–Crippen LogP) is 3.57. The largest absolute Gasteiger partial charge is 0.497 e. The molecule has 1 aliphatic heterocycles. The van der Waals surface area contributed by atoms with Crippen molar-refractivity contribution in [2.75, 3.05) is 25.7 Å². The van der Waals surface area contributed by atoms with Gasteiger partial charge in [-0.2, -0.15) is 0 Å². The summed E-state index contributed by atoms with van der Waals surface area (Å²) >= 11 is 3.98. The molecule has 1 fully saturated rings. The number of methoxy groups -OCH3 is 2. The van der Waals surface area contributed by atoms with E-state index in [9.17, 15) is 0 Å². The maximum atomic E-state index is 5.42. The van der Waals surface area contributed by atoms with Gasteiger partial charge < -0.3 is 9.47 Å². The summed E-state index contributed by atoms with van der Waals surface area (Å²) in [7, 11) is 3.43. The van der Waals surface area contributed by atoms with Crippen molar-refractivity contribution in [1.82, 2.24) is 0 Å². The van der Waals surface area contributed by atoms with E-state index in [0.29, 0.717) is 4.58 Å². The topological polar surface area (TPSA) is 18.5 Å². The van der Waals surface area contributed by atoms with Crippen LogP contribution in [0.25, 0.3) is 0 Å². The maximum absolute atomic E-state index is 5.42. The second-order valence-electron chi connectivity index (χ2n) is 3.53. The number of benzene rings is 1. The third-order valence-electron chi connectivity index (χ3n) is 2.52. The highest BCUT2D eigenvalue weighted by Crippen LogP contribution is 2.47. The number of hydrogen-bond donors (Lipinski definition) is 0. The molecule has 1 saturated heterocycles. The van der Waals surface area contributed by atoms with Crippen LogP contribution in [0.3, 0.4) is 0 Å². The first-order valence-electron chi connectivity index (χ1n) is 5.30. The highest BCUT2D eigenvalue weighted by atomic mass is 32.2. The lowest BCUT2D eigenvalue weighted by Crippen LogP contribution is -2.02. The van der Waals surface area contributed by atoms with Crippen LogP contribution in [0.4, 0.5) is 0 Å². The van der Waals surface area contributed by atoms with E-state index in [2.05, 4.69) is 6.07 Å². The van der Waals surface area contributed by atoms with Crippen LogP contribution in [0.5, 0.6) is 11.5 Å². The highest BCUT2D eigenvalue weighted by Gasteiger charge is 2.20. The number of rotatable bonds is 3. The van der Waals surface area contributed by atoms with Crippen molar-refractivity contribution >= 4 is 23.5 Å². The molecule has 0 radical (unpaired) electrons. The Labute approximate surface area is 105 Å². The van der Waals surface area contributed by atoms with Crippen LogP contribution in [-0.2, 0) is 0 Å². The lowest BCUT2D eigenvalue weighted by Gasteiger charge is -2.23. The fraction of sp³-hybridized carbons (Fsp3) is 0.500. The third-order valence-corrected chi connectivity index (χ3v) is 5.50. The van der Waals surface area contributed by atoms with E-state index >= 15 is 0 Å². The SMILES string of the molecule is COc1ccc(OC)c(C2SCCCS2)c1. The summed E-state index contributed by atoms with van der Waals surface area (Å²) in [6.07, 6.45) is 1.30. The van der Waals surface area contributed by atoms with Crippen molar-refractivity contribution in [3.05, 3.63) is 23.8 Å². The number of ether oxygens (including phenoxy) is 2. The molecule has 0 amide bonds. The average Bonchev–Trinajstić information content (AvgIpc) is 2.39. The molecule has 88 valence electrons.